The van der Waals surface area contributed by atoms with Crippen molar-refractivity contribution in [1.29, 1.82) is 0 Å². The zero-order valence-corrected chi connectivity index (χ0v) is 12.1. The van der Waals surface area contributed by atoms with E-state index in [1.54, 1.807) is 24.3 Å². The number of aryl methyl sites for hydroxylation is 1. The summed E-state index contributed by atoms with van der Waals surface area (Å²) in [4.78, 5) is 12.4. The minimum absolute atomic E-state index is 0.0922. The van der Waals surface area contributed by atoms with Gasteiger partial charge in [0.25, 0.3) is 0 Å². The molecule has 2 rings (SSSR count). The first-order valence-electron chi connectivity index (χ1n) is 6.21. The van der Waals surface area contributed by atoms with Crippen molar-refractivity contribution in [2.24, 2.45) is 0 Å². The molecule has 0 aliphatic rings. The average molecular weight is 293 g/mol. The summed E-state index contributed by atoms with van der Waals surface area (Å²) in [5.74, 6) is -0.0922. The highest BCUT2D eigenvalue weighted by molar-refractivity contribution is 6.44. The molecule has 0 N–H and O–H groups in total. The van der Waals surface area contributed by atoms with Crippen LogP contribution >= 0.6 is 23.2 Å². The van der Waals surface area contributed by atoms with Crippen LogP contribution in [0.3, 0.4) is 0 Å². The third kappa shape index (κ3) is 3.17. The van der Waals surface area contributed by atoms with Crippen LogP contribution in [-0.4, -0.2) is 5.78 Å². The Hall–Kier alpha value is -1.31. The van der Waals surface area contributed by atoms with E-state index in [0.29, 0.717) is 21.2 Å². The summed E-state index contributed by atoms with van der Waals surface area (Å²) >= 11 is 12.0. The smallest absolute Gasteiger partial charge is 0.194 e. The van der Waals surface area contributed by atoms with Crippen molar-refractivity contribution >= 4 is 29.0 Å². The fourth-order valence-electron chi connectivity index (χ4n) is 1.99. The second-order valence-electron chi connectivity index (χ2n) is 4.38. The highest BCUT2D eigenvalue weighted by Gasteiger charge is 2.14. The molecule has 0 spiro atoms. The Morgan fingerprint density at radius 3 is 2.58 bits per heavy atom. The quantitative estimate of drug-likeness (QED) is 0.710. The average Bonchev–Trinajstić information content (AvgIpc) is 2.42. The minimum atomic E-state index is -0.0922. The molecule has 0 fully saturated rings. The van der Waals surface area contributed by atoms with Crippen LogP contribution in [0.25, 0.3) is 0 Å². The lowest BCUT2D eigenvalue weighted by atomic mass is 10.00. The zero-order valence-electron chi connectivity index (χ0n) is 10.6. The number of ketones is 1. The summed E-state index contributed by atoms with van der Waals surface area (Å²) in [7, 11) is 0. The van der Waals surface area contributed by atoms with Crippen molar-refractivity contribution in [3.8, 4) is 0 Å². The van der Waals surface area contributed by atoms with Crippen LogP contribution in [0.15, 0.2) is 42.5 Å². The number of rotatable bonds is 4. The molecule has 0 bridgehead atoms. The Morgan fingerprint density at radius 2 is 1.84 bits per heavy atom. The molecule has 0 heterocycles. The number of carbonyl (C=O) groups excluding carboxylic acids is 1. The first-order valence-corrected chi connectivity index (χ1v) is 6.96. The summed E-state index contributed by atoms with van der Waals surface area (Å²) in [5.41, 5.74) is 2.25. The van der Waals surface area contributed by atoms with E-state index in [2.05, 4.69) is 6.92 Å². The predicted octanol–water partition coefficient (Wildman–Crippen LogP) is 5.18. The van der Waals surface area contributed by atoms with Crippen molar-refractivity contribution < 1.29 is 4.79 Å². The zero-order chi connectivity index (χ0) is 13.8. The highest BCUT2D eigenvalue weighted by atomic mass is 35.5. The number of carbonyl (C=O) groups is 1. The van der Waals surface area contributed by atoms with Crippen molar-refractivity contribution in [1.82, 2.24) is 0 Å². The molecule has 0 unspecified atom stereocenters. The van der Waals surface area contributed by atoms with Gasteiger partial charge in [0.1, 0.15) is 0 Å². The number of benzene rings is 2. The van der Waals surface area contributed by atoms with Gasteiger partial charge in [-0.2, -0.15) is 0 Å². The molecule has 1 nitrogen and oxygen atoms in total. The molecule has 2 aromatic carbocycles. The molecule has 0 amide bonds. The predicted molar refractivity (Wildman–Crippen MR) is 80.3 cm³/mol. The van der Waals surface area contributed by atoms with Crippen molar-refractivity contribution in [2.75, 3.05) is 0 Å². The van der Waals surface area contributed by atoms with E-state index in [9.17, 15) is 4.79 Å². The van der Waals surface area contributed by atoms with E-state index in [0.717, 1.165) is 18.4 Å². The maximum absolute atomic E-state index is 12.4. The standard InChI is InChI=1S/C16H14Cl2O/c1-2-5-11-6-3-7-12(10-11)16(19)13-8-4-9-14(17)15(13)18/h3-4,6-10H,2,5H2,1H3. The molecule has 0 aliphatic heterocycles. The van der Waals surface area contributed by atoms with Gasteiger partial charge in [0.15, 0.2) is 5.78 Å². The van der Waals surface area contributed by atoms with E-state index in [-0.39, 0.29) is 5.78 Å². The molecule has 0 aliphatic carbocycles. The van der Waals surface area contributed by atoms with Crippen LogP contribution in [-0.2, 0) is 6.42 Å². The first-order chi connectivity index (χ1) is 9.13. The van der Waals surface area contributed by atoms with Crippen LogP contribution in [0, 0.1) is 0 Å². The Bertz CT molecular complexity index is 605. The van der Waals surface area contributed by atoms with Gasteiger partial charge >= 0.3 is 0 Å². The van der Waals surface area contributed by atoms with E-state index in [4.69, 9.17) is 23.2 Å². The maximum Gasteiger partial charge on any atom is 0.194 e. The number of hydrogen-bond acceptors (Lipinski definition) is 1. The van der Waals surface area contributed by atoms with Gasteiger partial charge in [-0.1, -0.05) is 60.8 Å². The van der Waals surface area contributed by atoms with Gasteiger partial charge in [0.05, 0.1) is 10.0 Å². The summed E-state index contributed by atoms with van der Waals surface area (Å²) in [6.45, 7) is 2.11. The highest BCUT2D eigenvalue weighted by Crippen LogP contribution is 2.27. The van der Waals surface area contributed by atoms with Gasteiger partial charge in [-0.15, -0.1) is 0 Å². The Morgan fingerprint density at radius 1 is 1.11 bits per heavy atom. The molecular formula is C16H14Cl2O. The van der Waals surface area contributed by atoms with Gasteiger partial charge in [-0.3, -0.25) is 4.79 Å². The molecule has 0 atom stereocenters. The largest absolute Gasteiger partial charge is 0.289 e. The molecule has 19 heavy (non-hydrogen) atoms. The van der Waals surface area contributed by atoms with E-state index in [1.807, 2.05) is 18.2 Å². The molecule has 98 valence electrons. The van der Waals surface area contributed by atoms with Gasteiger partial charge in [-0.05, 0) is 30.2 Å². The van der Waals surface area contributed by atoms with Crippen LogP contribution < -0.4 is 0 Å². The molecule has 0 saturated heterocycles. The van der Waals surface area contributed by atoms with Crippen LogP contribution in [0.5, 0.6) is 0 Å². The molecular weight excluding hydrogens is 279 g/mol. The van der Waals surface area contributed by atoms with Crippen LogP contribution in [0.4, 0.5) is 0 Å². The van der Waals surface area contributed by atoms with E-state index >= 15 is 0 Å². The molecule has 0 radical (unpaired) electrons. The van der Waals surface area contributed by atoms with Gasteiger partial charge in [-0.25, -0.2) is 0 Å². The summed E-state index contributed by atoms with van der Waals surface area (Å²) in [6, 6.07) is 12.8. The van der Waals surface area contributed by atoms with Gasteiger partial charge in [0.2, 0.25) is 0 Å². The third-order valence-electron chi connectivity index (χ3n) is 2.92. The van der Waals surface area contributed by atoms with Crippen molar-refractivity contribution in [3.63, 3.8) is 0 Å². The molecule has 0 aromatic heterocycles. The first kappa shape index (κ1) is 14.1. The third-order valence-corrected chi connectivity index (χ3v) is 3.74. The number of hydrogen-bond donors (Lipinski definition) is 0. The van der Waals surface area contributed by atoms with Crippen molar-refractivity contribution in [2.45, 2.75) is 19.8 Å². The fourth-order valence-corrected chi connectivity index (χ4v) is 2.38. The van der Waals surface area contributed by atoms with Crippen molar-refractivity contribution in [3.05, 3.63) is 69.2 Å². The topological polar surface area (TPSA) is 17.1 Å². The molecule has 3 heteroatoms. The minimum Gasteiger partial charge on any atom is -0.289 e. The van der Waals surface area contributed by atoms with E-state index < -0.39 is 0 Å². The summed E-state index contributed by atoms with van der Waals surface area (Å²) in [5, 5.41) is 0.715. The Labute approximate surface area is 123 Å². The fraction of sp³-hybridized carbons (Fsp3) is 0.188. The van der Waals surface area contributed by atoms with Crippen LogP contribution in [0.2, 0.25) is 10.0 Å². The van der Waals surface area contributed by atoms with E-state index in [1.165, 1.54) is 0 Å². The lowest BCUT2D eigenvalue weighted by Crippen LogP contribution is -2.03. The maximum atomic E-state index is 12.4. The molecule has 0 saturated carbocycles. The second kappa shape index (κ2) is 6.23. The molecule has 2 aromatic rings. The normalized spacial score (nSPS) is 10.5. The SMILES string of the molecule is CCCc1cccc(C(=O)c2cccc(Cl)c2Cl)c1. The monoisotopic (exact) mass is 292 g/mol. The number of halogens is 2. The Kier molecular flexibility index (Phi) is 4.62. The van der Waals surface area contributed by atoms with Gasteiger partial charge < -0.3 is 0 Å². The lowest BCUT2D eigenvalue weighted by Gasteiger charge is -2.06. The second-order valence-corrected chi connectivity index (χ2v) is 5.17. The summed E-state index contributed by atoms with van der Waals surface area (Å²) in [6.07, 6.45) is 2.01. The van der Waals surface area contributed by atoms with Crippen LogP contribution in [0.1, 0.15) is 34.8 Å². The van der Waals surface area contributed by atoms with Gasteiger partial charge in [0, 0.05) is 11.1 Å². The Balaban J connectivity index is 2.38. The lowest BCUT2D eigenvalue weighted by molar-refractivity contribution is 0.103. The summed E-state index contributed by atoms with van der Waals surface area (Å²) < 4.78 is 0.